The zero-order chi connectivity index (χ0) is 16.1. The van der Waals surface area contributed by atoms with Gasteiger partial charge in [-0.25, -0.2) is 5.84 Å². The van der Waals surface area contributed by atoms with Crippen LogP contribution < -0.4 is 5.84 Å². The molecule has 6 nitrogen and oxygen atoms in total. The summed E-state index contributed by atoms with van der Waals surface area (Å²) >= 11 is 0. The highest BCUT2D eigenvalue weighted by molar-refractivity contribution is 7.90. The number of carbonyl (C=O) groups excluding carboxylic acids is 1. The van der Waals surface area contributed by atoms with Crippen molar-refractivity contribution in [2.45, 2.75) is 18.0 Å². The number of ether oxygens (including phenoxy) is 1. The molecule has 1 aromatic rings. The number of hydrogen-bond donors (Lipinski definition) is 1. The standard InChI is InChI=1S/C11H11F3N2O4S/c1-10(6-20-10)8-4-2-3-7(5-8)9(17)16(15)21(18,19)11(12,13)14/h2-5H,6,15H2,1H3. The fraction of sp³-hybridized carbons (Fsp3) is 0.364. The van der Waals surface area contributed by atoms with E-state index < -0.39 is 31.5 Å². The fourth-order valence-electron chi connectivity index (χ4n) is 1.60. The van der Waals surface area contributed by atoms with Crippen LogP contribution in [-0.2, 0) is 20.4 Å². The summed E-state index contributed by atoms with van der Waals surface area (Å²) in [4.78, 5) is 11.8. The van der Waals surface area contributed by atoms with Gasteiger partial charge in [0.15, 0.2) is 0 Å². The summed E-state index contributed by atoms with van der Waals surface area (Å²) < 4.78 is 63.6. The minimum atomic E-state index is -5.93. The Kier molecular flexibility index (Phi) is 3.51. The Hall–Kier alpha value is -1.65. The number of carbonyl (C=O) groups is 1. The minimum absolute atomic E-state index is 0.278. The van der Waals surface area contributed by atoms with Gasteiger partial charge in [-0.3, -0.25) is 4.79 Å². The largest absolute Gasteiger partial charge is 0.518 e. The molecule has 1 unspecified atom stereocenters. The third kappa shape index (κ3) is 2.74. The number of rotatable bonds is 3. The van der Waals surface area contributed by atoms with Crippen LogP contribution >= 0.6 is 0 Å². The summed E-state index contributed by atoms with van der Waals surface area (Å²) in [5, 5.41) is 0. The monoisotopic (exact) mass is 324 g/mol. The Labute approximate surface area is 118 Å². The van der Waals surface area contributed by atoms with Crippen molar-refractivity contribution in [3.63, 3.8) is 0 Å². The maximum atomic E-state index is 12.4. The predicted molar refractivity (Wildman–Crippen MR) is 65.1 cm³/mol. The van der Waals surface area contributed by atoms with Gasteiger partial charge in [-0.2, -0.15) is 26.0 Å². The van der Waals surface area contributed by atoms with E-state index in [1.165, 1.54) is 18.2 Å². The number of epoxide rings is 1. The predicted octanol–water partition coefficient (Wildman–Crippen LogP) is 1.10. The number of nitrogens with two attached hydrogens (primary N) is 1. The number of sulfonamides is 1. The molecule has 1 aliphatic rings. The number of benzene rings is 1. The highest BCUT2D eigenvalue weighted by Gasteiger charge is 2.51. The first kappa shape index (κ1) is 15.7. The Morgan fingerprint density at radius 3 is 2.48 bits per heavy atom. The van der Waals surface area contributed by atoms with E-state index >= 15 is 0 Å². The van der Waals surface area contributed by atoms with E-state index in [-0.39, 0.29) is 5.56 Å². The molecule has 0 radical (unpaired) electrons. The van der Waals surface area contributed by atoms with E-state index in [0.29, 0.717) is 12.2 Å². The highest BCUT2D eigenvalue weighted by Crippen LogP contribution is 2.38. The van der Waals surface area contributed by atoms with E-state index in [9.17, 15) is 26.4 Å². The molecular formula is C11H11F3N2O4S. The zero-order valence-electron chi connectivity index (χ0n) is 10.7. The molecule has 21 heavy (non-hydrogen) atoms. The molecule has 0 saturated carbocycles. The molecule has 1 atom stereocenters. The van der Waals surface area contributed by atoms with Crippen LogP contribution in [0.15, 0.2) is 24.3 Å². The molecule has 0 spiro atoms. The van der Waals surface area contributed by atoms with E-state index in [2.05, 4.69) is 0 Å². The van der Waals surface area contributed by atoms with Gasteiger partial charge >= 0.3 is 15.5 Å². The lowest BCUT2D eigenvalue weighted by Gasteiger charge is -2.18. The second-order valence-electron chi connectivity index (χ2n) is 4.65. The molecule has 1 aliphatic heterocycles. The molecule has 2 N–H and O–H groups in total. The van der Waals surface area contributed by atoms with Crippen molar-refractivity contribution in [1.29, 1.82) is 0 Å². The van der Waals surface area contributed by atoms with Crippen LogP contribution in [-0.4, -0.2) is 30.9 Å². The molecule has 1 heterocycles. The smallest absolute Gasteiger partial charge is 0.365 e. The lowest BCUT2D eigenvalue weighted by atomic mass is 10.00. The van der Waals surface area contributed by atoms with E-state index in [1.54, 1.807) is 13.0 Å². The first-order valence-electron chi connectivity index (χ1n) is 5.64. The fourth-order valence-corrected chi connectivity index (χ4v) is 2.15. The molecule has 1 saturated heterocycles. The van der Waals surface area contributed by atoms with Crippen LogP contribution in [0, 0.1) is 0 Å². The van der Waals surface area contributed by atoms with Crippen molar-refractivity contribution in [3.05, 3.63) is 35.4 Å². The maximum Gasteiger partial charge on any atom is 0.518 e. The van der Waals surface area contributed by atoms with Crippen LogP contribution in [0.5, 0.6) is 0 Å². The summed E-state index contributed by atoms with van der Waals surface area (Å²) in [6.45, 7) is 2.13. The summed E-state index contributed by atoms with van der Waals surface area (Å²) in [6, 6.07) is 5.44. The zero-order valence-corrected chi connectivity index (χ0v) is 11.5. The molecule has 1 fully saturated rings. The quantitative estimate of drug-likeness (QED) is 0.389. The molecule has 2 rings (SSSR count). The van der Waals surface area contributed by atoms with Crippen molar-refractivity contribution in [2.24, 2.45) is 5.84 Å². The number of nitrogens with zero attached hydrogens (tertiary/aromatic N) is 1. The third-order valence-corrected chi connectivity index (χ3v) is 4.32. The van der Waals surface area contributed by atoms with Crippen molar-refractivity contribution >= 4 is 15.9 Å². The van der Waals surface area contributed by atoms with Crippen molar-refractivity contribution in [2.75, 3.05) is 6.61 Å². The number of amides is 1. The summed E-state index contributed by atoms with van der Waals surface area (Å²) in [5.41, 5.74) is -6.00. The van der Waals surface area contributed by atoms with Crippen LogP contribution in [0.3, 0.4) is 0 Å². The first-order chi connectivity index (χ1) is 9.49. The minimum Gasteiger partial charge on any atom is -0.365 e. The molecule has 1 amide bonds. The molecule has 10 heteroatoms. The van der Waals surface area contributed by atoms with Crippen molar-refractivity contribution in [3.8, 4) is 0 Å². The van der Waals surface area contributed by atoms with Gasteiger partial charge < -0.3 is 4.74 Å². The molecule has 1 aromatic carbocycles. The molecule has 0 aliphatic carbocycles. The van der Waals surface area contributed by atoms with Crippen LogP contribution in [0.1, 0.15) is 22.8 Å². The number of hydrazine groups is 1. The lowest BCUT2D eigenvalue weighted by molar-refractivity contribution is -0.0483. The Morgan fingerprint density at radius 2 is 2.00 bits per heavy atom. The van der Waals surface area contributed by atoms with Gasteiger partial charge in [-0.15, -0.1) is 0 Å². The van der Waals surface area contributed by atoms with Gasteiger partial charge in [0.25, 0.3) is 5.91 Å². The topological polar surface area (TPSA) is 93.0 Å². The molecular weight excluding hydrogens is 313 g/mol. The Bertz CT molecular complexity index is 683. The average Bonchev–Trinajstić information content (AvgIpc) is 3.15. The number of hydrogen-bond acceptors (Lipinski definition) is 5. The Balaban J connectivity index is 2.33. The molecule has 0 aromatic heterocycles. The van der Waals surface area contributed by atoms with Crippen LogP contribution in [0.25, 0.3) is 0 Å². The first-order valence-corrected chi connectivity index (χ1v) is 7.08. The second kappa shape index (κ2) is 4.68. The highest BCUT2D eigenvalue weighted by atomic mass is 32.2. The Morgan fingerprint density at radius 1 is 1.43 bits per heavy atom. The average molecular weight is 324 g/mol. The molecule has 0 bridgehead atoms. The van der Waals surface area contributed by atoms with Crippen LogP contribution in [0.4, 0.5) is 13.2 Å². The summed E-state index contributed by atoms with van der Waals surface area (Å²) in [6.07, 6.45) is 0. The third-order valence-electron chi connectivity index (χ3n) is 3.05. The lowest BCUT2D eigenvalue weighted by Crippen LogP contribution is -2.48. The van der Waals surface area contributed by atoms with Gasteiger partial charge in [0, 0.05) is 5.56 Å². The van der Waals surface area contributed by atoms with Gasteiger partial charge in [0.2, 0.25) is 0 Å². The van der Waals surface area contributed by atoms with Gasteiger partial charge in [0.1, 0.15) is 5.60 Å². The van der Waals surface area contributed by atoms with Gasteiger partial charge in [0.05, 0.1) is 6.61 Å². The van der Waals surface area contributed by atoms with E-state index in [4.69, 9.17) is 10.6 Å². The SMILES string of the molecule is CC1(c2cccc(C(=O)N(N)S(=O)(=O)C(F)(F)F)c2)CO1. The van der Waals surface area contributed by atoms with Gasteiger partial charge in [-0.1, -0.05) is 12.1 Å². The number of alkyl halides is 3. The van der Waals surface area contributed by atoms with Crippen LogP contribution in [0.2, 0.25) is 0 Å². The van der Waals surface area contributed by atoms with E-state index in [0.717, 1.165) is 0 Å². The summed E-state index contributed by atoms with van der Waals surface area (Å²) in [5.74, 6) is 3.36. The van der Waals surface area contributed by atoms with Gasteiger partial charge in [-0.05, 0) is 24.6 Å². The normalized spacial score (nSPS) is 22.0. The maximum absolute atomic E-state index is 12.4. The van der Waals surface area contributed by atoms with E-state index in [1.807, 2.05) is 0 Å². The molecule has 116 valence electrons. The van der Waals surface area contributed by atoms with Crippen molar-refractivity contribution in [1.82, 2.24) is 4.41 Å². The number of halogens is 3. The summed E-state index contributed by atoms with van der Waals surface area (Å²) in [7, 11) is -5.93. The second-order valence-corrected chi connectivity index (χ2v) is 6.46. The van der Waals surface area contributed by atoms with Crippen molar-refractivity contribution < 1.29 is 31.1 Å².